The lowest BCUT2D eigenvalue weighted by molar-refractivity contribution is 1.16. The van der Waals surface area contributed by atoms with Crippen LogP contribution in [0.3, 0.4) is 0 Å². The molecule has 84 heavy (non-hydrogen) atoms. The third-order valence-corrected chi connectivity index (χ3v) is 18.8. The van der Waals surface area contributed by atoms with Crippen LogP contribution in [0, 0.1) is 0 Å². The van der Waals surface area contributed by atoms with Crippen LogP contribution in [-0.4, -0.2) is 22.6 Å². The summed E-state index contributed by atoms with van der Waals surface area (Å²) in [5.41, 5.74) is 32.0. The van der Waals surface area contributed by atoms with E-state index in [1.807, 2.05) is 0 Å². The summed E-state index contributed by atoms with van der Waals surface area (Å²) in [4.78, 5) is 5.09. The summed E-state index contributed by atoms with van der Waals surface area (Å²) in [6.45, 7) is -0.226. The number of aromatic nitrogens is 2. The summed E-state index contributed by atoms with van der Waals surface area (Å²) in [7, 11) is 0. The van der Waals surface area contributed by atoms with Crippen molar-refractivity contribution in [1.29, 1.82) is 0 Å². The second kappa shape index (κ2) is 17.4. The summed E-state index contributed by atoms with van der Waals surface area (Å²) >= 11 is 0. The van der Waals surface area contributed by atoms with Gasteiger partial charge in [-0.2, -0.15) is 0 Å². The molecular formula is C78H48B2N4. The van der Waals surface area contributed by atoms with Gasteiger partial charge in [-0.05, 0) is 150 Å². The van der Waals surface area contributed by atoms with Gasteiger partial charge >= 0.3 is 0 Å². The summed E-state index contributed by atoms with van der Waals surface area (Å²) in [5.74, 6) is 0. The molecule has 386 valence electrons. The molecule has 0 N–H and O–H groups in total. The predicted molar refractivity (Wildman–Crippen MR) is 356 cm³/mol. The van der Waals surface area contributed by atoms with Gasteiger partial charge in [-0.3, -0.25) is 0 Å². The van der Waals surface area contributed by atoms with Crippen LogP contribution in [-0.2, 0) is 0 Å². The largest absolute Gasteiger partial charge is 0.311 e. The summed E-state index contributed by atoms with van der Waals surface area (Å²) in [6.07, 6.45) is 0. The Morgan fingerprint density at radius 3 is 0.940 bits per heavy atom. The van der Waals surface area contributed by atoms with Gasteiger partial charge in [-0.1, -0.05) is 218 Å². The first-order valence-electron chi connectivity index (χ1n) is 29.3. The van der Waals surface area contributed by atoms with Gasteiger partial charge in [0.1, 0.15) is 0 Å². The molecule has 0 saturated carbocycles. The highest BCUT2D eigenvalue weighted by Crippen LogP contribution is 2.52. The van der Waals surface area contributed by atoms with Gasteiger partial charge in [0.15, 0.2) is 0 Å². The first-order valence-corrected chi connectivity index (χ1v) is 29.3. The lowest BCUT2D eigenvalue weighted by atomic mass is 9.31. The fourth-order valence-corrected chi connectivity index (χ4v) is 15.6. The van der Waals surface area contributed by atoms with E-state index in [1.165, 1.54) is 155 Å². The van der Waals surface area contributed by atoms with E-state index < -0.39 is 0 Å². The van der Waals surface area contributed by atoms with Crippen molar-refractivity contribution in [2.24, 2.45) is 0 Å². The molecule has 0 radical (unpaired) electrons. The number of fused-ring (bicyclic) bond motifs is 16. The summed E-state index contributed by atoms with van der Waals surface area (Å²) in [5, 5.41) is 5.10. The third kappa shape index (κ3) is 6.13. The van der Waals surface area contributed by atoms with Crippen LogP contribution in [0.15, 0.2) is 291 Å². The molecule has 0 spiro atoms. The standard InChI is InChI=1S/C78H48B2N4/c1-7-25-49(26-8-1)55-37-23-43-65-71(55)73-57(51-29-11-3-12-30-51)45-69-75-77(73)83(65)67-47-62-68(48-61(67)79(75)59-39-19-21-41-63(59)81(69)53-33-15-5-16-34-53)84-66-44-24-38-56(50-27-9-2-10-28-50)72(66)74-58(52-31-13-4-14-32-52)46-70-76(78(74)84)80(62)60-40-20-22-42-64(60)82(70)54-35-17-6-18-36-54/h1-48H. The van der Waals surface area contributed by atoms with E-state index >= 15 is 0 Å². The van der Waals surface area contributed by atoms with Gasteiger partial charge in [0, 0.05) is 67.0 Å². The van der Waals surface area contributed by atoms with E-state index in [0.29, 0.717) is 0 Å². The normalized spacial score (nSPS) is 13.1. The van der Waals surface area contributed by atoms with Crippen LogP contribution in [0.5, 0.6) is 0 Å². The maximum Gasteiger partial charge on any atom is 0.252 e. The lowest BCUT2D eigenvalue weighted by Crippen LogP contribution is -2.63. The molecule has 6 heterocycles. The molecule has 19 rings (SSSR count). The van der Waals surface area contributed by atoms with Crippen molar-refractivity contribution in [3.05, 3.63) is 291 Å². The van der Waals surface area contributed by atoms with E-state index in [9.17, 15) is 0 Å². The van der Waals surface area contributed by atoms with Crippen LogP contribution < -0.4 is 42.6 Å². The minimum Gasteiger partial charge on any atom is -0.311 e. The highest BCUT2D eigenvalue weighted by Gasteiger charge is 2.48. The van der Waals surface area contributed by atoms with Crippen molar-refractivity contribution >= 4 is 124 Å². The molecule has 0 fully saturated rings. The Labute approximate surface area is 487 Å². The fourth-order valence-electron chi connectivity index (χ4n) is 15.6. The predicted octanol–water partition coefficient (Wildman–Crippen LogP) is 15.8. The van der Waals surface area contributed by atoms with Crippen LogP contribution in [0.1, 0.15) is 0 Å². The molecule has 15 aromatic rings. The Bertz CT molecular complexity index is 4920. The third-order valence-electron chi connectivity index (χ3n) is 18.8. The van der Waals surface area contributed by atoms with E-state index in [0.717, 1.165) is 11.4 Å². The molecule has 0 saturated heterocycles. The number of para-hydroxylation sites is 4. The maximum absolute atomic E-state index is 2.70. The molecule has 4 nitrogen and oxygen atoms in total. The zero-order valence-corrected chi connectivity index (χ0v) is 45.7. The second-order valence-electron chi connectivity index (χ2n) is 23.0. The molecule has 0 unspecified atom stereocenters. The van der Waals surface area contributed by atoms with Crippen molar-refractivity contribution < 1.29 is 0 Å². The van der Waals surface area contributed by atoms with Gasteiger partial charge in [-0.15, -0.1) is 0 Å². The number of rotatable bonds is 6. The van der Waals surface area contributed by atoms with Crippen LogP contribution >= 0.6 is 0 Å². The van der Waals surface area contributed by atoms with Gasteiger partial charge in [0.05, 0.1) is 22.1 Å². The molecule has 0 atom stereocenters. The fraction of sp³-hybridized carbons (Fsp3) is 0. The van der Waals surface area contributed by atoms with Gasteiger partial charge in [-0.25, -0.2) is 0 Å². The van der Waals surface area contributed by atoms with Crippen molar-refractivity contribution in [3.63, 3.8) is 0 Å². The summed E-state index contributed by atoms with van der Waals surface area (Å²) < 4.78 is 5.39. The topological polar surface area (TPSA) is 16.3 Å². The van der Waals surface area contributed by atoms with Crippen molar-refractivity contribution in [3.8, 4) is 55.9 Å². The van der Waals surface area contributed by atoms with E-state index in [-0.39, 0.29) is 13.4 Å². The molecule has 6 heteroatoms. The van der Waals surface area contributed by atoms with Crippen LogP contribution in [0.2, 0.25) is 0 Å². The molecule has 0 amide bonds. The van der Waals surface area contributed by atoms with E-state index in [1.54, 1.807) is 0 Å². The first kappa shape index (κ1) is 45.9. The maximum atomic E-state index is 2.70. The average Bonchev–Trinajstić information content (AvgIpc) is 1.52. The molecule has 4 aliphatic rings. The SMILES string of the molecule is c1ccc(-c2cccc3c2c2c(-c4ccccc4)cc4c5c2n3-c2cc3c(cc2B5c2ccccc2N4c2ccccc2)-n2c4cccc(-c5ccccc5)c4c4c(-c5ccccc5)cc5c(c42)B3c2ccccc2N5c2ccccc2)cc1. The van der Waals surface area contributed by atoms with E-state index in [4.69, 9.17) is 0 Å². The number of benzene rings is 13. The minimum atomic E-state index is -0.113. The Balaban J connectivity index is 1.02. The lowest BCUT2D eigenvalue weighted by Gasteiger charge is -2.42. The molecular weight excluding hydrogens is 1010 g/mol. The van der Waals surface area contributed by atoms with Crippen molar-refractivity contribution in [2.45, 2.75) is 0 Å². The molecule has 2 aromatic heterocycles. The Morgan fingerprint density at radius 2 is 0.560 bits per heavy atom. The molecule has 13 aromatic carbocycles. The first-order chi connectivity index (χ1) is 41.8. The zero-order valence-electron chi connectivity index (χ0n) is 45.7. The Hall–Kier alpha value is -10.8. The quantitative estimate of drug-likeness (QED) is 0.154. The van der Waals surface area contributed by atoms with Crippen LogP contribution in [0.25, 0.3) is 99.5 Å². The molecule has 0 bridgehead atoms. The number of anilines is 6. The summed E-state index contributed by atoms with van der Waals surface area (Å²) in [6, 6.07) is 109. The van der Waals surface area contributed by atoms with Gasteiger partial charge in [0.2, 0.25) is 0 Å². The highest BCUT2D eigenvalue weighted by atomic mass is 15.2. The van der Waals surface area contributed by atoms with Gasteiger partial charge < -0.3 is 18.9 Å². The minimum absolute atomic E-state index is 0.113. The Morgan fingerprint density at radius 1 is 0.226 bits per heavy atom. The smallest absolute Gasteiger partial charge is 0.252 e. The zero-order chi connectivity index (χ0) is 54.7. The van der Waals surface area contributed by atoms with E-state index in [2.05, 4.69) is 310 Å². The number of nitrogens with zero attached hydrogens (tertiary/aromatic N) is 4. The molecule has 0 aliphatic carbocycles. The second-order valence-corrected chi connectivity index (χ2v) is 23.0. The Kier molecular flexibility index (Phi) is 9.48. The number of hydrogen-bond acceptors (Lipinski definition) is 2. The highest BCUT2D eigenvalue weighted by molar-refractivity contribution is 7.02. The van der Waals surface area contributed by atoms with Crippen LogP contribution in [0.4, 0.5) is 34.1 Å². The van der Waals surface area contributed by atoms with Crippen molar-refractivity contribution in [2.75, 3.05) is 9.80 Å². The number of hydrogen-bond donors (Lipinski definition) is 0. The monoisotopic (exact) mass is 1060 g/mol. The van der Waals surface area contributed by atoms with Gasteiger partial charge in [0.25, 0.3) is 13.4 Å². The molecule has 4 aliphatic heterocycles. The average molecular weight is 1060 g/mol. The van der Waals surface area contributed by atoms with Crippen molar-refractivity contribution in [1.82, 2.24) is 9.13 Å².